The number of rotatable bonds is 22. The van der Waals surface area contributed by atoms with E-state index in [1.54, 1.807) is 11.8 Å². The molecule has 14 nitrogen and oxygen atoms in total. The molecule has 2 atom stereocenters. The molecule has 4 heterocycles. The Labute approximate surface area is 368 Å². The van der Waals surface area contributed by atoms with Gasteiger partial charge in [0.2, 0.25) is 5.69 Å². The Balaban J connectivity index is 1.44. The first-order chi connectivity index (χ1) is 28.8. The summed E-state index contributed by atoms with van der Waals surface area (Å²) in [7, 11) is 2.19. The number of hydrogen-bond acceptors (Lipinski definition) is 16. The molecule has 4 N–H and O–H groups in total. The van der Waals surface area contributed by atoms with Crippen LogP contribution >= 0.6 is 47.9 Å². The van der Waals surface area contributed by atoms with Crippen LogP contribution < -0.4 is 4.90 Å². The fourth-order valence-corrected chi connectivity index (χ4v) is 11.3. The second-order valence-corrected chi connectivity index (χ2v) is 19.5. The third-order valence-electron chi connectivity index (χ3n) is 11.8. The number of carboxylic acid groups (broad SMARTS) is 1. The third-order valence-corrected chi connectivity index (χ3v) is 14.8. The largest absolute Gasteiger partial charge is 0.481 e. The Kier molecular flexibility index (Phi) is 16.5. The van der Waals surface area contributed by atoms with Gasteiger partial charge in [0.25, 0.3) is 0 Å². The molecule has 4 aliphatic rings. The fraction of sp³-hybridized carbons (Fsp3) is 0.476. The van der Waals surface area contributed by atoms with Crippen LogP contribution in [0.25, 0.3) is 0 Å². The van der Waals surface area contributed by atoms with Gasteiger partial charge < -0.3 is 10.0 Å². The van der Waals surface area contributed by atoms with Crippen molar-refractivity contribution < 1.29 is 58.4 Å². The van der Waals surface area contributed by atoms with Gasteiger partial charge in [-0.2, -0.15) is 4.58 Å². The summed E-state index contributed by atoms with van der Waals surface area (Å²) in [4.78, 5) is 18.6. The van der Waals surface area contributed by atoms with E-state index in [-0.39, 0.29) is 23.9 Å². The van der Waals surface area contributed by atoms with Gasteiger partial charge in [0.15, 0.2) is 5.71 Å². The average Bonchev–Trinajstić information content (AvgIpc) is 3.71. The second-order valence-electron chi connectivity index (χ2n) is 16.1. The minimum atomic E-state index is -0.825. The zero-order valence-electron chi connectivity index (χ0n) is 34.6. The molecule has 0 radical (unpaired) electrons. The standard InChI is InChI=1S/C42H53N3O11S4/c1-27-9-13-35-31(25-27)41(2,3)37(44(35)20-7-22-58-54-51-48)17-11-29-33-15-16-34(43(33)6)30(40(29)57-24-19-39(46)47)12-18-38-42(4,5)32-26-28(60-56-53-50)10-14-36(32)45(38)21-8-23-59-55-52-49/h9-14,17-18,25-26,33-34H,7-8,15-16,19-24H2,1-6H3,(H3-,46,47,48,49,50)/p+1. The molecular weight excluding hydrogens is 851 g/mol. The van der Waals surface area contributed by atoms with Crippen LogP contribution in [0.4, 0.5) is 11.4 Å². The van der Waals surface area contributed by atoms with Crippen molar-refractivity contribution in [3.05, 3.63) is 99.1 Å². The minimum absolute atomic E-state index is 0.0468. The highest BCUT2D eigenvalue weighted by Gasteiger charge is 2.46. The maximum Gasteiger partial charge on any atom is 0.304 e. The summed E-state index contributed by atoms with van der Waals surface area (Å²) < 4.78 is 16.4. The predicted octanol–water partition coefficient (Wildman–Crippen LogP) is 9.82. The molecule has 1 fully saturated rings. The molecule has 0 amide bonds. The Morgan fingerprint density at radius 1 is 0.867 bits per heavy atom. The number of benzene rings is 2. The van der Waals surface area contributed by atoms with E-state index in [1.807, 2.05) is 18.2 Å². The van der Waals surface area contributed by atoms with Crippen molar-refractivity contribution in [1.29, 1.82) is 0 Å². The molecular formula is C42H54N3O11S4+. The summed E-state index contributed by atoms with van der Waals surface area (Å²) >= 11 is 4.64. The van der Waals surface area contributed by atoms with E-state index in [9.17, 15) is 9.90 Å². The van der Waals surface area contributed by atoms with E-state index >= 15 is 0 Å². The molecule has 0 spiro atoms. The van der Waals surface area contributed by atoms with Gasteiger partial charge in [0, 0.05) is 111 Å². The van der Waals surface area contributed by atoms with E-state index in [1.165, 1.54) is 33.7 Å². The maximum atomic E-state index is 11.8. The van der Waals surface area contributed by atoms with Gasteiger partial charge in [-0.1, -0.05) is 58.8 Å². The lowest BCUT2D eigenvalue weighted by atomic mass is 9.81. The number of anilines is 1. The highest BCUT2D eigenvalue weighted by Crippen LogP contribution is 2.50. The molecule has 0 saturated carbocycles. The van der Waals surface area contributed by atoms with E-state index < -0.39 is 11.4 Å². The topological polar surface area (TPSA) is 163 Å². The zero-order chi connectivity index (χ0) is 43.0. The van der Waals surface area contributed by atoms with Crippen molar-refractivity contribution >= 4 is 70.9 Å². The summed E-state index contributed by atoms with van der Waals surface area (Å²) in [6.07, 6.45) is 12.5. The summed E-state index contributed by atoms with van der Waals surface area (Å²) in [5.41, 5.74) is 9.68. The second kappa shape index (κ2) is 21.1. The minimum Gasteiger partial charge on any atom is -0.481 e. The number of aliphatic carboxylic acids is 1. The molecule has 60 heavy (non-hydrogen) atoms. The normalized spacial score (nSPS) is 22.0. The molecule has 0 aromatic heterocycles. The lowest BCUT2D eigenvalue weighted by Crippen LogP contribution is -2.39. The monoisotopic (exact) mass is 904 g/mol. The predicted molar refractivity (Wildman–Crippen MR) is 237 cm³/mol. The van der Waals surface area contributed by atoms with Gasteiger partial charge in [-0.15, -0.1) is 24.8 Å². The first kappa shape index (κ1) is 46.8. The highest BCUT2D eigenvalue weighted by molar-refractivity contribution is 8.03. The van der Waals surface area contributed by atoms with Crippen LogP contribution in [0.1, 0.15) is 76.5 Å². The van der Waals surface area contributed by atoms with Gasteiger partial charge in [-0.25, -0.2) is 15.8 Å². The van der Waals surface area contributed by atoms with E-state index in [0.717, 1.165) is 95.1 Å². The highest BCUT2D eigenvalue weighted by atomic mass is 32.2. The SMILES string of the molecule is Cc1ccc2c(c1)C(C)(C)/C(=C\C=C1C(SCCC(=O)O)=C(/C=C/C3=[N+](CCCSOOO)c4ccc(SOOO)cc4C3(C)C)C3CCC\1N3C)N2CCCSOOO. The van der Waals surface area contributed by atoms with Crippen LogP contribution in [0, 0.1) is 6.92 Å². The molecule has 18 heteroatoms. The number of carboxylic acids is 1. The summed E-state index contributed by atoms with van der Waals surface area (Å²) in [6, 6.07) is 13.0. The first-order valence-corrected chi connectivity index (χ1v) is 23.3. The first-order valence-electron chi connectivity index (χ1n) is 19.8. The molecule has 2 aromatic carbocycles. The van der Waals surface area contributed by atoms with E-state index in [2.05, 4.69) is 122 Å². The molecule has 326 valence electrons. The van der Waals surface area contributed by atoms with Crippen LogP contribution in [0.3, 0.4) is 0 Å². The lowest BCUT2D eigenvalue weighted by Gasteiger charge is -2.36. The van der Waals surface area contributed by atoms with Crippen molar-refractivity contribution in [1.82, 2.24) is 4.90 Å². The maximum absolute atomic E-state index is 11.8. The van der Waals surface area contributed by atoms with Crippen molar-refractivity contribution in [2.75, 3.05) is 42.3 Å². The van der Waals surface area contributed by atoms with E-state index in [4.69, 9.17) is 20.1 Å². The molecule has 4 aliphatic heterocycles. The smallest absolute Gasteiger partial charge is 0.304 e. The molecule has 2 unspecified atom stereocenters. The number of nitrogens with zero attached hydrogens (tertiary/aromatic N) is 3. The third kappa shape index (κ3) is 10.2. The van der Waals surface area contributed by atoms with Crippen LogP contribution in [0.15, 0.2) is 87.3 Å². The number of thioether (sulfide) groups is 1. The Morgan fingerprint density at radius 3 is 2.30 bits per heavy atom. The number of fused-ring (bicyclic) bond motifs is 4. The summed E-state index contributed by atoms with van der Waals surface area (Å²) in [5.74, 6) is 0.823. The van der Waals surface area contributed by atoms with Crippen LogP contribution in [-0.4, -0.2) is 91.5 Å². The number of likely N-dealkylation sites (N-methyl/N-ethyl adjacent to an activating group) is 1. The molecule has 0 aliphatic carbocycles. The number of carbonyl (C=O) groups is 1. The van der Waals surface area contributed by atoms with Gasteiger partial charge in [-0.05, 0) is 88.1 Å². The Bertz CT molecular complexity index is 2040. The molecule has 2 bridgehead atoms. The summed E-state index contributed by atoms with van der Waals surface area (Å²) in [5, 5.41) is 47.3. The fourth-order valence-electron chi connectivity index (χ4n) is 8.98. The number of hydrogen-bond donors (Lipinski definition) is 4. The van der Waals surface area contributed by atoms with Gasteiger partial charge >= 0.3 is 5.97 Å². The van der Waals surface area contributed by atoms with Gasteiger partial charge in [0.1, 0.15) is 6.54 Å². The van der Waals surface area contributed by atoms with Crippen LogP contribution in [0.2, 0.25) is 0 Å². The molecule has 6 rings (SSSR count). The zero-order valence-corrected chi connectivity index (χ0v) is 37.9. The molecule has 1 saturated heterocycles. The Morgan fingerprint density at radius 2 is 1.58 bits per heavy atom. The summed E-state index contributed by atoms with van der Waals surface area (Å²) in [6.45, 7) is 12.4. The Hall–Kier alpha value is -2.66. The number of allylic oxidation sites excluding steroid dienone is 4. The average molecular weight is 905 g/mol. The molecule has 2 aromatic rings. The van der Waals surface area contributed by atoms with Crippen LogP contribution in [0.5, 0.6) is 0 Å². The van der Waals surface area contributed by atoms with Crippen molar-refractivity contribution in [2.45, 2.75) is 94.5 Å². The van der Waals surface area contributed by atoms with Gasteiger partial charge in [-0.3, -0.25) is 9.69 Å². The number of aryl methyl sites for hydroxylation is 1. The van der Waals surface area contributed by atoms with Crippen molar-refractivity contribution in [3.63, 3.8) is 0 Å². The van der Waals surface area contributed by atoms with Crippen molar-refractivity contribution in [3.8, 4) is 0 Å². The van der Waals surface area contributed by atoms with Gasteiger partial charge in [0.05, 0.1) is 23.9 Å². The van der Waals surface area contributed by atoms with Crippen molar-refractivity contribution in [2.24, 2.45) is 0 Å². The van der Waals surface area contributed by atoms with E-state index in [0.29, 0.717) is 23.8 Å². The quantitative estimate of drug-likeness (QED) is 0.0290. The lowest BCUT2D eigenvalue weighted by molar-refractivity contribution is -0.438. The van der Waals surface area contributed by atoms with Crippen LogP contribution in [-0.2, 0) is 43.7 Å².